The monoisotopic (exact) mass is 398 g/mol. The smallest absolute Gasteiger partial charge is 0.407 e. The van der Waals surface area contributed by atoms with Crippen LogP contribution < -0.4 is 5.32 Å². The summed E-state index contributed by atoms with van der Waals surface area (Å²) in [5.41, 5.74) is 1.89. The van der Waals surface area contributed by atoms with Crippen molar-refractivity contribution >= 4 is 6.09 Å². The second-order valence-electron chi connectivity index (χ2n) is 9.06. The Bertz CT molecular complexity index is 817. The lowest BCUT2D eigenvalue weighted by atomic mass is 9.69. The maximum absolute atomic E-state index is 13.6. The average molecular weight is 399 g/mol. The number of hydrogen-bond acceptors (Lipinski definition) is 2. The molecule has 1 saturated heterocycles. The highest BCUT2D eigenvalue weighted by atomic mass is 19.1. The highest BCUT2D eigenvalue weighted by Gasteiger charge is 2.46. The van der Waals surface area contributed by atoms with Crippen LogP contribution >= 0.6 is 0 Å². The van der Waals surface area contributed by atoms with E-state index in [0.717, 1.165) is 5.56 Å². The normalized spacial score (nSPS) is 23.6. The van der Waals surface area contributed by atoms with Crippen LogP contribution in [0.25, 0.3) is 0 Å². The molecule has 0 radical (unpaired) electrons. The number of likely N-dealkylation sites (tertiary alicyclic amines) is 1. The van der Waals surface area contributed by atoms with Crippen LogP contribution in [0.2, 0.25) is 0 Å². The fraction of sp³-hybridized carbons (Fsp3) is 0.458. The molecule has 1 amide bonds. The number of halogens is 1. The van der Waals surface area contributed by atoms with Gasteiger partial charge < -0.3 is 15.3 Å². The molecule has 3 rings (SSSR count). The Labute approximate surface area is 172 Å². The lowest BCUT2D eigenvalue weighted by molar-refractivity contribution is 0.0307. The standard InChI is InChI=1S/C24H31FN2O2/c1-16(17-8-6-5-7-9-17)26-20-14-15-27(23(28)29)22(24(2,3)4)21(20)18-10-12-19(25)13-11-18/h5-13,16,20-22,26H,14-15H2,1-4H3,(H,28,29)/t16-,20-,21+,22?/m1/s1. The Morgan fingerprint density at radius 2 is 1.76 bits per heavy atom. The summed E-state index contributed by atoms with van der Waals surface area (Å²) in [4.78, 5) is 13.6. The van der Waals surface area contributed by atoms with Crippen LogP contribution in [0, 0.1) is 11.2 Å². The number of carboxylic acid groups (broad SMARTS) is 1. The zero-order chi connectivity index (χ0) is 21.2. The highest BCUT2D eigenvalue weighted by molar-refractivity contribution is 5.66. The van der Waals surface area contributed by atoms with E-state index in [1.54, 1.807) is 17.0 Å². The van der Waals surface area contributed by atoms with Crippen molar-refractivity contribution in [1.29, 1.82) is 0 Å². The average Bonchev–Trinajstić information content (AvgIpc) is 2.68. The predicted molar refractivity (Wildman–Crippen MR) is 114 cm³/mol. The maximum Gasteiger partial charge on any atom is 0.407 e. The van der Waals surface area contributed by atoms with Crippen LogP contribution in [0.5, 0.6) is 0 Å². The van der Waals surface area contributed by atoms with Crippen LogP contribution in [0.3, 0.4) is 0 Å². The van der Waals surface area contributed by atoms with Gasteiger partial charge in [-0.15, -0.1) is 0 Å². The molecule has 1 fully saturated rings. The van der Waals surface area contributed by atoms with Crippen LogP contribution in [0.15, 0.2) is 54.6 Å². The molecule has 0 bridgehead atoms. The van der Waals surface area contributed by atoms with Gasteiger partial charge in [0.1, 0.15) is 5.82 Å². The van der Waals surface area contributed by atoms with E-state index in [1.165, 1.54) is 17.7 Å². The number of hydrogen-bond donors (Lipinski definition) is 2. The Hall–Kier alpha value is -2.40. The summed E-state index contributed by atoms with van der Waals surface area (Å²) < 4.78 is 13.6. The second-order valence-corrected chi connectivity index (χ2v) is 9.06. The largest absolute Gasteiger partial charge is 0.465 e. The highest BCUT2D eigenvalue weighted by Crippen LogP contribution is 2.42. The van der Waals surface area contributed by atoms with Crippen molar-refractivity contribution < 1.29 is 14.3 Å². The molecule has 1 heterocycles. The minimum absolute atomic E-state index is 0.0772. The van der Waals surface area contributed by atoms with Gasteiger partial charge in [-0.25, -0.2) is 9.18 Å². The first-order valence-electron chi connectivity index (χ1n) is 10.2. The van der Waals surface area contributed by atoms with Crippen molar-refractivity contribution in [3.05, 3.63) is 71.5 Å². The first kappa shape index (κ1) is 21.3. The zero-order valence-electron chi connectivity index (χ0n) is 17.6. The summed E-state index contributed by atoms with van der Waals surface area (Å²) in [6, 6.07) is 16.7. The number of benzene rings is 2. The van der Waals surface area contributed by atoms with Crippen LogP contribution in [0.1, 0.15) is 57.2 Å². The van der Waals surface area contributed by atoms with Gasteiger partial charge in [0.2, 0.25) is 0 Å². The Morgan fingerprint density at radius 3 is 2.31 bits per heavy atom. The number of nitrogens with zero attached hydrogens (tertiary/aromatic N) is 1. The van der Waals surface area contributed by atoms with Gasteiger partial charge >= 0.3 is 6.09 Å². The summed E-state index contributed by atoms with van der Waals surface area (Å²) in [5.74, 6) is -0.360. The maximum atomic E-state index is 13.6. The number of amides is 1. The molecule has 0 saturated carbocycles. The molecule has 2 N–H and O–H groups in total. The van der Waals surface area contributed by atoms with Crippen molar-refractivity contribution in [3.8, 4) is 0 Å². The molecule has 5 heteroatoms. The van der Waals surface area contributed by atoms with E-state index >= 15 is 0 Å². The Morgan fingerprint density at radius 1 is 1.14 bits per heavy atom. The van der Waals surface area contributed by atoms with E-state index in [4.69, 9.17) is 0 Å². The molecule has 1 aliphatic rings. The summed E-state index contributed by atoms with van der Waals surface area (Å²) in [6.07, 6.45) is -0.190. The second kappa shape index (κ2) is 8.54. The van der Waals surface area contributed by atoms with E-state index < -0.39 is 6.09 Å². The van der Waals surface area contributed by atoms with Crippen molar-refractivity contribution in [1.82, 2.24) is 10.2 Å². The molecule has 2 aromatic rings. The fourth-order valence-electron chi connectivity index (χ4n) is 4.68. The molecule has 29 heavy (non-hydrogen) atoms. The van der Waals surface area contributed by atoms with Gasteiger partial charge in [-0.05, 0) is 42.0 Å². The van der Waals surface area contributed by atoms with Gasteiger partial charge in [-0.3, -0.25) is 0 Å². The molecule has 1 aliphatic heterocycles. The molecule has 0 aromatic heterocycles. The van der Waals surface area contributed by atoms with Gasteiger partial charge in [-0.2, -0.15) is 0 Å². The molecular weight excluding hydrogens is 367 g/mol. The van der Waals surface area contributed by atoms with E-state index in [2.05, 4.69) is 45.1 Å². The van der Waals surface area contributed by atoms with Gasteiger partial charge in [0.25, 0.3) is 0 Å². The fourth-order valence-corrected chi connectivity index (χ4v) is 4.68. The summed E-state index contributed by atoms with van der Waals surface area (Å²) in [6.45, 7) is 8.84. The van der Waals surface area contributed by atoms with Crippen molar-refractivity contribution in [2.75, 3.05) is 6.54 Å². The molecule has 0 spiro atoms. The van der Waals surface area contributed by atoms with Crippen LogP contribution in [-0.2, 0) is 0 Å². The molecule has 1 unspecified atom stereocenters. The number of carbonyl (C=O) groups is 1. The van der Waals surface area contributed by atoms with Gasteiger partial charge in [-0.1, -0.05) is 63.2 Å². The lowest BCUT2D eigenvalue weighted by Crippen LogP contribution is -2.60. The molecule has 2 aromatic carbocycles. The summed E-state index contributed by atoms with van der Waals surface area (Å²) in [7, 11) is 0. The molecule has 0 aliphatic carbocycles. The molecular formula is C24H31FN2O2. The minimum Gasteiger partial charge on any atom is -0.465 e. The Balaban J connectivity index is 1.99. The van der Waals surface area contributed by atoms with Crippen LogP contribution in [-0.4, -0.2) is 34.7 Å². The molecule has 4 nitrogen and oxygen atoms in total. The van der Waals surface area contributed by atoms with Gasteiger partial charge in [0.15, 0.2) is 0 Å². The summed E-state index contributed by atoms with van der Waals surface area (Å²) in [5, 5.41) is 13.6. The topological polar surface area (TPSA) is 52.6 Å². The zero-order valence-corrected chi connectivity index (χ0v) is 17.6. The summed E-state index contributed by atoms with van der Waals surface area (Å²) >= 11 is 0. The third-order valence-corrected chi connectivity index (χ3v) is 5.94. The molecule has 4 atom stereocenters. The van der Waals surface area contributed by atoms with Gasteiger partial charge in [0.05, 0.1) is 0 Å². The Kier molecular flexibility index (Phi) is 6.27. The van der Waals surface area contributed by atoms with Crippen molar-refractivity contribution in [2.24, 2.45) is 5.41 Å². The predicted octanol–water partition coefficient (Wildman–Crippen LogP) is 5.43. The number of rotatable bonds is 4. The number of nitrogens with one attached hydrogen (secondary N) is 1. The first-order valence-corrected chi connectivity index (χ1v) is 10.2. The van der Waals surface area contributed by atoms with Crippen LogP contribution in [0.4, 0.5) is 9.18 Å². The lowest BCUT2D eigenvalue weighted by Gasteiger charge is -2.51. The first-order chi connectivity index (χ1) is 13.7. The van der Waals surface area contributed by atoms with Crippen molar-refractivity contribution in [2.45, 2.75) is 58.2 Å². The third-order valence-electron chi connectivity index (χ3n) is 5.94. The van der Waals surface area contributed by atoms with Gasteiger partial charge in [0, 0.05) is 30.6 Å². The third kappa shape index (κ3) is 4.78. The van der Waals surface area contributed by atoms with E-state index in [9.17, 15) is 14.3 Å². The molecule has 156 valence electrons. The quantitative estimate of drug-likeness (QED) is 0.722. The SMILES string of the molecule is C[C@@H](N[C@@H]1CCN(C(=O)O)C(C(C)(C)C)[C@H]1c1ccc(F)cc1)c1ccccc1. The van der Waals surface area contributed by atoms with E-state index in [1.807, 2.05) is 18.2 Å². The minimum atomic E-state index is -0.897. The number of piperidine rings is 1. The van der Waals surface area contributed by atoms with Crippen molar-refractivity contribution in [3.63, 3.8) is 0 Å². The van der Waals surface area contributed by atoms with E-state index in [0.29, 0.717) is 13.0 Å². The van der Waals surface area contributed by atoms with E-state index in [-0.39, 0.29) is 35.3 Å².